The second-order valence-corrected chi connectivity index (χ2v) is 7.71. The number of hydroxylamine groups is 2. The highest BCUT2D eigenvalue weighted by molar-refractivity contribution is 6.31. The molecule has 1 aromatic heterocycles. The van der Waals surface area contributed by atoms with Gasteiger partial charge >= 0.3 is 5.97 Å². The van der Waals surface area contributed by atoms with Crippen molar-refractivity contribution in [1.29, 1.82) is 0 Å². The molecule has 8 nitrogen and oxygen atoms in total. The highest BCUT2D eigenvalue weighted by Gasteiger charge is 2.40. The minimum Gasteiger partial charge on any atom is -0.354 e. The molecule has 0 saturated carbocycles. The summed E-state index contributed by atoms with van der Waals surface area (Å²) in [5.41, 5.74) is 1.12. The van der Waals surface area contributed by atoms with Crippen molar-refractivity contribution in [3.8, 4) is 0 Å². The third-order valence-electron chi connectivity index (χ3n) is 5.48. The molecule has 0 atom stereocenters. The number of hydrogen-bond donors (Lipinski definition) is 0. The van der Waals surface area contributed by atoms with Crippen LogP contribution < -0.4 is 4.90 Å². The van der Waals surface area contributed by atoms with Crippen molar-refractivity contribution in [3.05, 3.63) is 58.6 Å². The summed E-state index contributed by atoms with van der Waals surface area (Å²) >= 11 is 6.08. The molecule has 3 aromatic rings. The summed E-state index contributed by atoms with van der Waals surface area (Å²) in [6, 6.07) is 11.7. The van der Waals surface area contributed by atoms with E-state index in [-0.39, 0.29) is 11.1 Å². The summed E-state index contributed by atoms with van der Waals surface area (Å²) in [6.45, 7) is 1.10. The summed E-state index contributed by atoms with van der Waals surface area (Å²) in [7, 11) is 0. The average molecular weight is 426 g/mol. The number of amides is 2. The number of anilines is 1. The van der Waals surface area contributed by atoms with Crippen molar-refractivity contribution < 1.29 is 23.7 Å². The smallest absolute Gasteiger partial charge is 0.336 e. The zero-order valence-electron chi connectivity index (χ0n) is 15.7. The summed E-state index contributed by atoms with van der Waals surface area (Å²) in [6.07, 6.45) is 0.994. The van der Waals surface area contributed by atoms with Crippen LogP contribution in [0.25, 0.3) is 11.0 Å². The number of fused-ring (bicyclic) bond motifs is 2. The molecule has 9 heteroatoms. The summed E-state index contributed by atoms with van der Waals surface area (Å²) < 4.78 is 5.35. The SMILES string of the molecule is O=C(ON1C(=O)c2ccccc2C1=O)C1CCN(c2noc3ccc(Cl)cc23)CC1. The lowest BCUT2D eigenvalue weighted by molar-refractivity contribution is -0.174. The molecule has 3 heterocycles. The number of imide groups is 1. The van der Waals surface area contributed by atoms with Crippen LogP contribution in [-0.2, 0) is 9.63 Å². The number of carbonyl (C=O) groups excluding carboxylic acids is 3. The van der Waals surface area contributed by atoms with Crippen LogP contribution in [0.4, 0.5) is 5.82 Å². The highest BCUT2D eigenvalue weighted by Crippen LogP contribution is 2.32. The largest absolute Gasteiger partial charge is 0.354 e. The van der Waals surface area contributed by atoms with E-state index in [2.05, 4.69) is 5.16 Å². The number of carbonyl (C=O) groups is 3. The Morgan fingerprint density at radius 2 is 1.73 bits per heavy atom. The molecule has 0 spiro atoms. The predicted octanol–water partition coefficient (Wildman–Crippen LogP) is 3.45. The molecule has 1 fully saturated rings. The van der Waals surface area contributed by atoms with Crippen molar-refractivity contribution in [1.82, 2.24) is 10.2 Å². The summed E-state index contributed by atoms with van der Waals surface area (Å²) in [5, 5.41) is 6.10. The van der Waals surface area contributed by atoms with E-state index < -0.39 is 23.7 Å². The van der Waals surface area contributed by atoms with Crippen LogP contribution in [0.5, 0.6) is 0 Å². The number of piperidine rings is 1. The van der Waals surface area contributed by atoms with Gasteiger partial charge in [0.1, 0.15) is 0 Å². The quantitative estimate of drug-likeness (QED) is 0.593. The maximum atomic E-state index is 12.6. The van der Waals surface area contributed by atoms with E-state index in [9.17, 15) is 14.4 Å². The lowest BCUT2D eigenvalue weighted by Crippen LogP contribution is -2.40. The van der Waals surface area contributed by atoms with Gasteiger partial charge in [-0.2, -0.15) is 0 Å². The molecule has 0 aliphatic carbocycles. The lowest BCUT2D eigenvalue weighted by atomic mass is 9.97. The molecule has 0 unspecified atom stereocenters. The molecule has 1 saturated heterocycles. The van der Waals surface area contributed by atoms with Crippen molar-refractivity contribution in [2.45, 2.75) is 12.8 Å². The van der Waals surface area contributed by atoms with Gasteiger partial charge in [-0.25, -0.2) is 4.79 Å². The van der Waals surface area contributed by atoms with Gasteiger partial charge in [-0.3, -0.25) is 9.59 Å². The Balaban J connectivity index is 1.25. The first-order valence-electron chi connectivity index (χ1n) is 9.52. The Morgan fingerprint density at radius 3 is 2.40 bits per heavy atom. The number of benzene rings is 2. The van der Waals surface area contributed by atoms with Crippen molar-refractivity contribution in [2.75, 3.05) is 18.0 Å². The van der Waals surface area contributed by atoms with Crippen LogP contribution in [0.2, 0.25) is 5.02 Å². The second kappa shape index (κ2) is 7.14. The fourth-order valence-corrected chi connectivity index (χ4v) is 4.04. The van der Waals surface area contributed by atoms with Gasteiger partial charge in [-0.05, 0) is 43.2 Å². The first kappa shape index (κ1) is 18.6. The van der Waals surface area contributed by atoms with E-state index in [4.69, 9.17) is 21.0 Å². The monoisotopic (exact) mass is 425 g/mol. The van der Waals surface area contributed by atoms with Crippen molar-refractivity contribution in [3.63, 3.8) is 0 Å². The first-order valence-corrected chi connectivity index (χ1v) is 9.90. The summed E-state index contributed by atoms with van der Waals surface area (Å²) in [4.78, 5) is 44.6. The fraction of sp³-hybridized carbons (Fsp3) is 0.238. The standard InChI is InChI=1S/C21H16ClN3O5/c22-13-5-6-17-16(11-13)18(23-29-17)24-9-7-12(8-10-24)21(28)30-25-19(26)14-3-1-2-4-15(14)20(25)27/h1-6,11-12H,7-10H2. The first-order chi connectivity index (χ1) is 14.5. The van der Waals surface area contributed by atoms with Crippen LogP contribution in [-0.4, -0.2) is 41.1 Å². The van der Waals surface area contributed by atoms with Gasteiger partial charge in [-0.15, -0.1) is 0 Å². The van der Waals surface area contributed by atoms with Crippen LogP contribution in [0.1, 0.15) is 33.6 Å². The Kier molecular flexibility index (Phi) is 4.43. The van der Waals surface area contributed by atoms with Gasteiger partial charge < -0.3 is 14.3 Å². The number of halogens is 1. The Bertz CT molecular complexity index is 1150. The lowest BCUT2D eigenvalue weighted by Gasteiger charge is -2.31. The third kappa shape index (κ3) is 3.00. The molecule has 0 bridgehead atoms. The van der Waals surface area contributed by atoms with Gasteiger partial charge in [-0.1, -0.05) is 34.0 Å². The average Bonchev–Trinajstić information content (AvgIpc) is 3.28. The number of rotatable bonds is 3. The van der Waals surface area contributed by atoms with Crippen LogP contribution in [0.3, 0.4) is 0 Å². The van der Waals surface area contributed by atoms with E-state index in [0.717, 1.165) is 5.39 Å². The van der Waals surface area contributed by atoms with Gasteiger partial charge in [0.2, 0.25) is 0 Å². The van der Waals surface area contributed by atoms with Gasteiger partial charge in [0.05, 0.1) is 22.4 Å². The molecule has 0 radical (unpaired) electrons. The Labute approximate surface area is 175 Å². The van der Waals surface area contributed by atoms with E-state index in [1.807, 2.05) is 4.90 Å². The fourth-order valence-electron chi connectivity index (χ4n) is 3.87. The van der Waals surface area contributed by atoms with Gasteiger partial charge in [0.25, 0.3) is 11.8 Å². The predicted molar refractivity (Wildman–Crippen MR) is 107 cm³/mol. The molecule has 152 valence electrons. The van der Waals surface area contributed by atoms with Crippen molar-refractivity contribution >= 4 is 46.2 Å². The number of aromatic nitrogens is 1. The second-order valence-electron chi connectivity index (χ2n) is 7.27. The molecule has 2 aromatic carbocycles. The summed E-state index contributed by atoms with van der Waals surface area (Å²) in [5.74, 6) is -1.57. The van der Waals surface area contributed by atoms with Crippen LogP contribution in [0, 0.1) is 5.92 Å². The highest BCUT2D eigenvalue weighted by atomic mass is 35.5. The van der Waals surface area contributed by atoms with Gasteiger partial charge in [0, 0.05) is 18.1 Å². The zero-order chi connectivity index (χ0) is 20.8. The molecule has 2 amide bonds. The maximum absolute atomic E-state index is 12.6. The third-order valence-corrected chi connectivity index (χ3v) is 5.71. The number of nitrogens with zero attached hydrogens (tertiary/aromatic N) is 3. The molecular formula is C21H16ClN3O5. The maximum Gasteiger partial charge on any atom is 0.336 e. The molecule has 5 rings (SSSR count). The zero-order valence-corrected chi connectivity index (χ0v) is 16.5. The normalized spacial score (nSPS) is 17.0. The number of hydrogen-bond acceptors (Lipinski definition) is 7. The Hall–Kier alpha value is -3.39. The Morgan fingerprint density at radius 1 is 1.07 bits per heavy atom. The molecular weight excluding hydrogens is 410 g/mol. The minimum absolute atomic E-state index is 0.238. The van der Waals surface area contributed by atoms with Crippen LogP contribution in [0.15, 0.2) is 47.0 Å². The topological polar surface area (TPSA) is 93.0 Å². The van der Waals surface area contributed by atoms with Gasteiger partial charge in [0.15, 0.2) is 11.4 Å². The van der Waals surface area contributed by atoms with E-state index >= 15 is 0 Å². The molecule has 30 heavy (non-hydrogen) atoms. The molecule has 0 N–H and O–H groups in total. The van der Waals surface area contributed by atoms with E-state index in [0.29, 0.717) is 47.4 Å². The minimum atomic E-state index is -0.618. The van der Waals surface area contributed by atoms with E-state index in [1.54, 1.807) is 30.3 Å². The van der Waals surface area contributed by atoms with Crippen molar-refractivity contribution in [2.24, 2.45) is 5.92 Å². The molecule has 2 aliphatic heterocycles. The van der Waals surface area contributed by atoms with Crippen LogP contribution >= 0.6 is 11.6 Å². The van der Waals surface area contributed by atoms with E-state index in [1.165, 1.54) is 12.1 Å². The molecule has 2 aliphatic rings.